The van der Waals surface area contributed by atoms with E-state index in [9.17, 15) is 9.90 Å². The van der Waals surface area contributed by atoms with Crippen LogP contribution in [0.2, 0.25) is 0 Å². The molecule has 1 aromatic heterocycles. The van der Waals surface area contributed by atoms with E-state index < -0.39 is 0 Å². The molecule has 1 fully saturated rings. The second kappa shape index (κ2) is 9.65. The predicted molar refractivity (Wildman–Crippen MR) is 95.4 cm³/mol. The Morgan fingerprint density at radius 3 is 2.88 bits per heavy atom. The molecular weight excluding hydrogens is 322 g/mol. The molecule has 0 aliphatic carbocycles. The van der Waals surface area contributed by atoms with Crippen molar-refractivity contribution in [1.82, 2.24) is 20.2 Å². The molecule has 140 valence electrons. The molecule has 1 aromatic rings. The van der Waals surface area contributed by atoms with Crippen molar-refractivity contribution in [1.29, 1.82) is 0 Å². The Labute approximate surface area is 149 Å². The molecule has 2 heterocycles. The van der Waals surface area contributed by atoms with Gasteiger partial charge in [0.15, 0.2) is 5.82 Å². The van der Waals surface area contributed by atoms with E-state index in [0.717, 1.165) is 31.1 Å². The summed E-state index contributed by atoms with van der Waals surface area (Å²) < 4.78 is 5.76. The van der Waals surface area contributed by atoms with Crippen LogP contribution in [0, 0.1) is 6.92 Å². The lowest BCUT2D eigenvalue weighted by atomic mass is 10.2. The number of carbonyl (C=O) groups is 1. The fourth-order valence-electron chi connectivity index (χ4n) is 2.83. The lowest BCUT2D eigenvalue weighted by Gasteiger charge is -2.34. The summed E-state index contributed by atoms with van der Waals surface area (Å²) in [6, 6.07) is 1.90. The number of aryl methyl sites for hydroxylation is 1. The van der Waals surface area contributed by atoms with Crippen LogP contribution in [0.4, 0.5) is 5.82 Å². The number of ether oxygens (including phenoxy) is 1. The number of hydrogen-bond acceptors (Lipinski definition) is 7. The maximum atomic E-state index is 12.0. The van der Waals surface area contributed by atoms with Crippen molar-refractivity contribution in [2.75, 3.05) is 50.8 Å². The molecule has 8 nitrogen and oxygen atoms in total. The number of aliphatic hydroxyl groups is 1. The number of likely N-dealkylation sites (N-methyl/N-ethyl adjacent to an activating group) is 1. The molecule has 0 saturated carbocycles. The van der Waals surface area contributed by atoms with Crippen LogP contribution in [0.5, 0.6) is 0 Å². The molecule has 8 heteroatoms. The zero-order chi connectivity index (χ0) is 18.2. The van der Waals surface area contributed by atoms with Crippen molar-refractivity contribution in [2.45, 2.75) is 33.5 Å². The first-order valence-electron chi connectivity index (χ1n) is 8.86. The summed E-state index contributed by atoms with van der Waals surface area (Å²) in [5, 5.41) is 12.2. The summed E-state index contributed by atoms with van der Waals surface area (Å²) in [7, 11) is 0. The fraction of sp³-hybridized carbons (Fsp3) is 0.706. The number of anilines is 1. The monoisotopic (exact) mass is 351 g/mol. The van der Waals surface area contributed by atoms with E-state index in [-0.39, 0.29) is 18.6 Å². The third-order valence-corrected chi connectivity index (χ3v) is 4.28. The number of hydrogen-bond donors (Lipinski definition) is 2. The highest BCUT2D eigenvalue weighted by Crippen LogP contribution is 2.16. The topological polar surface area (TPSA) is 90.8 Å². The van der Waals surface area contributed by atoms with Gasteiger partial charge in [-0.15, -0.1) is 0 Å². The molecule has 1 unspecified atom stereocenters. The van der Waals surface area contributed by atoms with Crippen molar-refractivity contribution >= 4 is 11.7 Å². The zero-order valence-corrected chi connectivity index (χ0v) is 15.4. The van der Waals surface area contributed by atoms with Gasteiger partial charge in [0.05, 0.1) is 19.3 Å². The van der Waals surface area contributed by atoms with Crippen LogP contribution in [0.25, 0.3) is 0 Å². The van der Waals surface area contributed by atoms with Crippen LogP contribution in [-0.2, 0) is 16.1 Å². The van der Waals surface area contributed by atoms with Gasteiger partial charge in [-0.25, -0.2) is 9.97 Å². The Hall–Kier alpha value is -1.77. The van der Waals surface area contributed by atoms with Crippen molar-refractivity contribution in [3.05, 3.63) is 17.6 Å². The van der Waals surface area contributed by atoms with Crippen molar-refractivity contribution in [3.8, 4) is 0 Å². The van der Waals surface area contributed by atoms with Crippen LogP contribution < -0.4 is 10.2 Å². The van der Waals surface area contributed by atoms with Gasteiger partial charge in [-0.3, -0.25) is 9.69 Å². The van der Waals surface area contributed by atoms with E-state index in [2.05, 4.69) is 25.1 Å². The molecule has 0 spiro atoms. The van der Waals surface area contributed by atoms with Gasteiger partial charge >= 0.3 is 0 Å². The Bertz CT molecular complexity index is 565. The minimum atomic E-state index is -0.177. The molecule has 1 saturated heterocycles. The summed E-state index contributed by atoms with van der Waals surface area (Å²) in [6.45, 7) is 10.4. The first-order valence-corrected chi connectivity index (χ1v) is 8.86. The number of amides is 1. The molecule has 0 radical (unpaired) electrons. The van der Waals surface area contributed by atoms with E-state index in [4.69, 9.17) is 4.74 Å². The number of rotatable bonds is 8. The summed E-state index contributed by atoms with van der Waals surface area (Å²) >= 11 is 0. The van der Waals surface area contributed by atoms with Gasteiger partial charge in [-0.1, -0.05) is 13.8 Å². The number of aliphatic hydroxyl groups excluding tert-OH is 1. The quantitative estimate of drug-likeness (QED) is 0.678. The van der Waals surface area contributed by atoms with Crippen LogP contribution in [0.3, 0.4) is 0 Å². The van der Waals surface area contributed by atoms with Gasteiger partial charge in [-0.2, -0.15) is 0 Å². The molecule has 1 aliphatic rings. The lowest BCUT2D eigenvalue weighted by molar-refractivity contribution is -0.122. The number of nitrogens with zero attached hydrogens (tertiary/aromatic N) is 4. The minimum Gasteiger partial charge on any atom is -0.388 e. The molecule has 1 atom stereocenters. The normalized spacial score (nSPS) is 17.8. The third-order valence-electron chi connectivity index (χ3n) is 4.28. The number of morpholine rings is 1. The molecule has 0 aromatic carbocycles. The molecule has 1 amide bonds. The average Bonchev–Trinajstić information content (AvgIpc) is 2.64. The summed E-state index contributed by atoms with van der Waals surface area (Å²) in [5.74, 6) is 1.23. The molecule has 1 aliphatic heterocycles. The fourth-order valence-corrected chi connectivity index (χ4v) is 2.83. The second-order valence-electron chi connectivity index (χ2n) is 6.15. The molecule has 25 heavy (non-hydrogen) atoms. The molecule has 0 bridgehead atoms. The van der Waals surface area contributed by atoms with Crippen LogP contribution >= 0.6 is 0 Å². The van der Waals surface area contributed by atoms with E-state index in [1.165, 1.54) is 0 Å². The van der Waals surface area contributed by atoms with Crippen LogP contribution in [0.15, 0.2) is 6.07 Å². The number of nitrogens with one attached hydrogen (secondary N) is 1. The maximum absolute atomic E-state index is 12.0. The van der Waals surface area contributed by atoms with E-state index in [0.29, 0.717) is 32.1 Å². The summed E-state index contributed by atoms with van der Waals surface area (Å²) in [6.07, 6.45) is -0.0812. The second-order valence-corrected chi connectivity index (χ2v) is 6.15. The van der Waals surface area contributed by atoms with Gasteiger partial charge in [0, 0.05) is 31.4 Å². The molecule has 2 N–H and O–H groups in total. The Kier molecular flexibility index (Phi) is 7.54. The largest absolute Gasteiger partial charge is 0.388 e. The standard InChI is InChI=1S/C17H29N5O3/c1-4-21(5-2)11-17(24)18-9-14-10-22(6-7-25-14)16-8-13(3)19-15(12-23)20-16/h8,14,23H,4-7,9-12H2,1-3H3,(H,18,24). The van der Waals surface area contributed by atoms with Crippen molar-refractivity contribution in [2.24, 2.45) is 0 Å². The number of carbonyl (C=O) groups excluding carboxylic acids is 1. The van der Waals surface area contributed by atoms with Gasteiger partial charge < -0.3 is 20.1 Å². The van der Waals surface area contributed by atoms with E-state index >= 15 is 0 Å². The summed E-state index contributed by atoms with van der Waals surface area (Å²) in [4.78, 5) is 24.8. The zero-order valence-electron chi connectivity index (χ0n) is 15.4. The number of aromatic nitrogens is 2. The van der Waals surface area contributed by atoms with Crippen LogP contribution in [-0.4, -0.2) is 77.9 Å². The summed E-state index contributed by atoms with van der Waals surface area (Å²) in [5.41, 5.74) is 0.824. The Morgan fingerprint density at radius 1 is 1.44 bits per heavy atom. The van der Waals surface area contributed by atoms with Gasteiger partial charge in [0.25, 0.3) is 0 Å². The first kappa shape index (κ1) is 19.6. The average molecular weight is 351 g/mol. The highest BCUT2D eigenvalue weighted by Gasteiger charge is 2.23. The van der Waals surface area contributed by atoms with Crippen LogP contribution in [0.1, 0.15) is 25.4 Å². The predicted octanol–water partition coefficient (Wildman–Crippen LogP) is -0.0595. The van der Waals surface area contributed by atoms with E-state index in [1.54, 1.807) is 0 Å². The Morgan fingerprint density at radius 2 is 2.20 bits per heavy atom. The van der Waals surface area contributed by atoms with Gasteiger partial charge in [-0.05, 0) is 20.0 Å². The van der Waals surface area contributed by atoms with E-state index in [1.807, 2.05) is 26.8 Å². The lowest BCUT2D eigenvalue weighted by Crippen LogP contribution is -2.49. The highest BCUT2D eigenvalue weighted by atomic mass is 16.5. The van der Waals surface area contributed by atoms with Crippen molar-refractivity contribution in [3.63, 3.8) is 0 Å². The smallest absolute Gasteiger partial charge is 0.234 e. The van der Waals surface area contributed by atoms with Gasteiger partial charge in [0.1, 0.15) is 12.4 Å². The molecular formula is C17H29N5O3. The Balaban J connectivity index is 1.88. The highest BCUT2D eigenvalue weighted by molar-refractivity contribution is 5.78. The van der Waals surface area contributed by atoms with Crippen molar-refractivity contribution < 1.29 is 14.6 Å². The maximum Gasteiger partial charge on any atom is 0.234 e. The third kappa shape index (κ3) is 5.91. The SMILES string of the molecule is CCN(CC)CC(=O)NCC1CN(c2cc(C)nc(CO)n2)CCO1. The molecule has 2 rings (SSSR count). The van der Waals surface area contributed by atoms with Gasteiger partial charge in [0.2, 0.25) is 5.91 Å². The first-order chi connectivity index (χ1) is 12.0. The minimum absolute atomic E-state index is 0.0184.